The van der Waals surface area contributed by atoms with E-state index < -0.39 is 0 Å². The van der Waals surface area contributed by atoms with Gasteiger partial charge in [0.2, 0.25) is 0 Å². The van der Waals surface area contributed by atoms with Crippen LogP contribution in [0.25, 0.3) is 0 Å². The Morgan fingerprint density at radius 2 is 2.19 bits per heavy atom. The zero-order valence-electron chi connectivity index (χ0n) is 12.7. The summed E-state index contributed by atoms with van der Waals surface area (Å²) < 4.78 is 2.85. The molecule has 0 fully saturated rings. The molecular formula is C16H21BrClN3. The lowest BCUT2D eigenvalue weighted by atomic mass is 9.92. The topological polar surface area (TPSA) is 29.9 Å². The van der Waals surface area contributed by atoms with Crippen LogP contribution in [0.5, 0.6) is 0 Å². The molecule has 0 amide bonds. The van der Waals surface area contributed by atoms with Crippen LogP contribution < -0.4 is 5.32 Å². The molecule has 1 atom stereocenters. The highest BCUT2D eigenvalue weighted by Crippen LogP contribution is 2.28. The smallest absolute Gasteiger partial charge is 0.130 e. The second-order valence-electron chi connectivity index (χ2n) is 5.24. The van der Waals surface area contributed by atoms with Crippen LogP contribution in [-0.4, -0.2) is 22.9 Å². The van der Waals surface area contributed by atoms with Gasteiger partial charge in [-0.25, -0.2) is 0 Å². The van der Waals surface area contributed by atoms with Crippen LogP contribution in [0.2, 0.25) is 5.15 Å². The Labute approximate surface area is 139 Å². The first-order valence-corrected chi connectivity index (χ1v) is 8.34. The van der Waals surface area contributed by atoms with Gasteiger partial charge in [-0.3, -0.25) is 4.68 Å². The van der Waals surface area contributed by atoms with Crippen molar-refractivity contribution in [2.75, 3.05) is 13.1 Å². The number of nitrogens with one attached hydrogen (secondary N) is 1. The summed E-state index contributed by atoms with van der Waals surface area (Å²) in [6.45, 7) is 6.04. The molecule has 5 heteroatoms. The van der Waals surface area contributed by atoms with E-state index in [1.165, 1.54) is 5.56 Å². The molecule has 2 aromatic rings. The van der Waals surface area contributed by atoms with Crippen molar-refractivity contribution in [3.8, 4) is 0 Å². The number of nitrogens with zero attached hydrogens (tertiary/aromatic N) is 2. The molecule has 1 heterocycles. The maximum absolute atomic E-state index is 6.38. The van der Waals surface area contributed by atoms with Gasteiger partial charge in [-0.2, -0.15) is 5.10 Å². The minimum atomic E-state index is 0.378. The zero-order chi connectivity index (χ0) is 15.4. The van der Waals surface area contributed by atoms with Gasteiger partial charge in [-0.1, -0.05) is 46.6 Å². The largest absolute Gasteiger partial charge is 0.316 e. The maximum Gasteiger partial charge on any atom is 0.130 e. The zero-order valence-corrected chi connectivity index (χ0v) is 15.0. The van der Waals surface area contributed by atoms with Crippen LogP contribution in [-0.2, 0) is 13.5 Å². The third-order valence-electron chi connectivity index (χ3n) is 3.68. The summed E-state index contributed by atoms with van der Waals surface area (Å²) in [5.41, 5.74) is 3.46. The van der Waals surface area contributed by atoms with Crippen LogP contribution in [0.4, 0.5) is 0 Å². The Morgan fingerprint density at radius 3 is 2.76 bits per heavy atom. The quantitative estimate of drug-likeness (QED) is 0.830. The van der Waals surface area contributed by atoms with Crippen LogP contribution in [0.15, 0.2) is 28.7 Å². The van der Waals surface area contributed by atoms with E-state index in [4.69, 9.17) is 11.6 Å². The molecule has 21 heavy (non-hydrogen) atoms. The highest BCUT2D eigenvalue weighted by Gasteiger charge is 2.18. The van der Waals surface area contributed by atoms with Crippen LogP contribution >= 0.6 is 27.5 Å². The summed E-state index contributed by atoms with van der Waals surface area (Å²) in [4.78, 5) is 0. The molecule has 0 radical (unpaired) electrons. The molecule has 0 saturated carbocycles. The monoisotopic (exact) mass is 369 g/mol. The highest BCUT2D eigenvalue weighted by molar-refractivity contribution is 9.10. The first-order chi connectivity index (χ1) is 10.0. The first-order valence-electron chi connectivity index (χ1n) is 7.17. The van der Waals surface area contributed by atoms with E-state index in [-0.39, 0.29) is 0 Å². The Morgan fingerprint density at radius 1 is 1.43 bits per heavy atom. The Balaban J connectivity index is 2.28. The summed E-state index contributed by atoms with van der Waals surface area (Å²) in [5, 5.41) is 8.60. The van der Waals surface area contributed by atoms with Crippen molar-refractivity contribution in [2.45, 2.75) is 26.2 Å². The summed E-state index contributed by atoms with van der Waals surface area (Å²) in [7, 11) is 1.89. The average Bonchev–Trinajstić information content (AvgIpc) is 2.69. The van der Waals surface area contributed by atoms with Crippen molar-refractivity contribution in [3.63, 3.8) is 0 Å². The van der Waals surface area contributed by atoms with Gasteiger partial charge in [-0.15, -0.1) is 0 Å². The van der Waals surface area contributed by atoms with Crippen molar-refractivity contribution in [2.24, 2.45) is 7.05 Å². The highest BCUT2D eigenvalue weighted by atomic mass is 79.9. The molecule has 0 saturated heterocycles. The predicted octanol–water partition coefficient (Wildman–Crippen LogP) is 4.08. The van der Waals surface area contributed by atoms with Crippen molar-refractivity contribution >= 4 is 27.5 Å². The van der Waals surface area contributed by atoms with Gasteiger partial charge >= 0.3 is 0 Å². The molecule has 1 aromatic heterocycles. The molecule has 3 nitrogen and oxygen atoms in total. The van der Waals surface area contributed by atoms with E-state index >= 15 is 0 Å². The Bertz CT molecular complexity index is 610. The molecule has 1 N–H and O–H groups in total. The lowest BCUT2D eigenvalue weighted by molar-refractivity contribution is 0.593. The molecule has 0 aliphatic rings. The number of aromatic nitrogens is 2. The van der Waals surface area contributed by atoms with E-state index in [1.54, 1.807) is 4.68 Å². The number of hydrogen-bond acceptors (Lipinski definition) is 2. The van der Waals surface area contributed by atoms with Gasteiger partial charge < -0.3 is 5.32 Å². The maximum atomic E-state index is 6.38. The summed E-state index contributed by atoms with van der Waals surface area (Å²) in [5.74, 6) is 0.378. The van der Waals surface area contributed by atoms with Crippen LogP contribution in [0.3, 0.4) is 0 Å². The van der Waals surface area contributed by atoms with Gasteiger partial charge in [0.15, 0.2) is 0 Å². The summed E-state index contributed by atoms with van der Waals surface area (Å²) in [6, 6.07) is 8.49. The molecule has 1 aromatic carbocycles. The summed E-state index contributed by atoms with van der Waals surface area (Å²) in [6.07, 6.45) is 0.891. The fourth-order valence-corrected chi connectivity index (χ4v) is 3.21. The number of hydrogen-bond donors (Lipinski definition) is 1. The average molecular weight is 371 g/mol. The molecule has 2 rings (SSSR count). The molecule has 1 unspecified atom stereocenters. The molecular weight excluding hydrogens is 350 g/mol. The minimum absolute atomic E-state index is 0.378. The van der Waals surface area contributed by atoms with Crippen molar-refractivity contribution in [1.82, 2.24) is 15.1 Å². The van der Waals surface area contributed by atoms with Gasteiger partial charge in [0.05, 0.1) is 5.69 Å². The molecule has 0 bridgehead atoms. The Kier molecular flexibility index (Phi) is 5.85. The molecule has 0 spiro atoms. The number of rotatable bonds is 6. The third-order valence-corrected chi connectivity index (χ3v) is 4.65. The van der Waals surface area contributed by atoms with Gasteiger partial charge in [0.1, 0.15) is 5.15 Å². The second-order valence-corrected chi connectivity index (χ2v) is 6.52. The van der Waals surface area contributed by atoms with Crippen molar-refractivity contribution in [3.05, 3.63) is 50.7 Å². The fraction of sp³-hybridized carbons (Fsp3) is 0.438. The second kappa shape index (κ2) is 7.43. The first kappa shape index (κ1) is 16.5. The van der Waals surface area contributed by atoms with Gasteiger partial charge in [0.25, 0.3) is 0 Å². The number of likely N-dealkylation sites (N-methyl/N-ethyl adjacent to an activating group) is 1. The van der Waals surface area contributed by atoms with E-state index in [2.05, 4.69) is 57.5 Å². The standard InChI is InChI=1S/C16H21BrClN3/c1-4-19-10-13(12-6-5-7-14(17)8-12)9-15-11(2)20-21(3)16(15)18/h5-8,13,19H,4,9-10H2,1-3H3. The minimum Gasteiger partial charge on any atom is -0.316 e. The van der Waals surface area contributed by atoms with E-state index in [1.807, 2.05) is 14.0 Å². The molecule has 0 aliphatic carbocycles. The van der Waals surface area contributed by atoms with Gasteiger partial charge in [-0.05, 0) is 37.6 Å². The normalized spacial score (nSPS) is 12.6. The Hall–Kier alpha value is -0.840. The molecule has 114 valence electrons. The van der Waals surface area contributed by atoms with Crippen LogP contribution in [0.1, 0.15) is 29.7 Å². The van der Waals surface area contributed by atoms with Crippen molar-refractivity contribution < 1.29 is 0 Å². The lowest BCUT2D eigenvalue weighted by Crippen LogP contribution is -2.23. The van der Waals surface area contributed by atoms with Crippen LogP contribution in [0, 0.1) is 6.92 Å². The third kappa shape index (κ3) is 4.09. The number of benzene rings is 1. The summed E-state index contributed by atoms with van der Waals surface area (Å²) >= 11 is 9.94. The lowest BCUT2D eigenvalue weighted by Gasteiger charge is -2.18. The van der Waals surface area contributed by atoms with Crippen molar-refractivity contribution in [1.29, 1.82) is 0 Å². The predicted molar refractivity (Wildman–Crippen MR) is 92.1 cm³/mol. The number of halogens is 2. The number of aryl methyl sites for hydroxylation is 2. The van der Waals surface area contributed by atoms with Gasteiger partial charge in [0, 0.05) is 29.5 Å². The SMILES string of the molecule is CCNCC(Cc1c(C)nn(C)c1Cl)c1cccc(Br)c1. The fourth-order valence-electron chi connectivity index (χ4n) is 2.54. The molecule has 0 aliphatic heterocycles. The van der Waals surface area contributed by atoms with E-state index in [0.717, 1.165) is 40.4 Å². The van der Waals surface area contributed by atoms with E-state index in [0.29, 0.717) is 5.92 Å². The van der Waals surface area contributed by atoms with E-state index in [9.17, 15) is 0 Å².